The van der Waals surface area contributed by atoms with Crippen LogP contribution in [0, 0.1) is 11.3 Å². The minimum absolute atomic E-state index is 0.651. The lowest BCUT2D eigenvalue weighted by Crippen LogP contribution is -2.10. The van der Waals surface area contributed by atoms with Gasteiger partial charge in [0.2, 0.25) is 0 Å². The maximum Gasteiger partial charge on any atom is 0.0991 e. The van der Waals surface area contributed by atoms with E-state index in [1.54, 1.807) is 0 Å². The molecule has 0 N–H and O–H groups in total. The Labute approximate surface area is 381 Å². The first-order valence-electron chi connectivity index (χ1n) is 21.8. The lowest BCUT2D eigenvalue weighted by atomic mass is 10.0. The van der Waals surface area contributed by atoms with Crippen molar-refractivity contribution in [3.05, 3.63) is 272 Å². The smallest absolute Gasteiger partial charge is 0.0991 e. The van der Waals surface area contributed by atoms with Gasteiger partial charge in [-0.1, -0.05) is 146 Å². The van der Waals surface area contributed by atoms with E-state index in [0.29, 0.717) is 5.56 Å². The van der Waals surface area contributed by atoms with E-state index in [1.807, 2.05) is 24.3 Å². The van der Waals surface area contributed by atoms with Crippen LogP contribution in [0.2, 0.25) is 0 Å². The Bertz CT molecular complexity index is 2880. The van der Waals surface area contributed by atoms with Crippen LogP contribution in [0.1, 0.15) is 5.56 Å². The minimum Gasteiger partial charge on any atom is -0.311 e. The van der Waals surface area contributed by atoms with Crippen molar-refractivity contribution in [2.24, 2.45) is 0 Å². The predicted molar refractivity (Wildman–Crippen MR) is 272 cm³/mol. The SMILES string of the molecule is N#Cc1ccc(-c2ccc(N(c3ccc(-c4ccc(N(c5ccccc5)c5ccccc5)cc4)cc3)c3ccc(-c4ccc(N(c5ccccc5)c5ccccc5)cc4)cc3)cc2)cc1. The molecule has 0 fully saturated rings. The molecule has 0 aromatic heterocycles. The van der Waals surface area contributed by atoms with Gasteiger partial charge >= 0.3 is 0 Å². The third-order valence-corrected chi connectivity index (χ3v) is 11.7. The van der Waals surface area contributed by atoms with Crippen LogP contribution in [0.3, 0.4) is 0 Å². The lowest BCUT2D eigenvalue weighted by Gasteiger charge is -2.27. The molecule has 0 aliphatic rings. The molecule has 0 bridgehead atoms. The third kappa shape index (κ3) is 8.77. The Morgan fingerprint density at radius 2 is 0.369 bits per heavy atom. The molecule has 65 heavy (non-hydrogen) atoms. The summed E-state index contributed by atoms with van der Waals surface area (Å²) in [6.07, 6.45) is 0. The quantitative estimate of drug-likeness (QED) is 0.123. The van der Waals surface area contributed by atoms with Crippen LogP contribution in [0.15, 0.2) is 267 Å². The number of nitriles is 1. The summed E-state index contributed by atoms with van der Waals surface area (Å²) >= 11 is 0. The standard InChI is InChI=1S/C61H44N4/c62-45-46-21-23-47(24-22-46)48-25-39-59(40-26-48)65(60-41-31-51(32-42-60)49-27-35-57(36-28-49)63(53-13-5-1-6-14-53)54-15-7-2-8-16-54)61-43-33-52(34-44-61)50-29-37-58(38-30-50)64(55-17-9-3-10-18-55)56-19-11-4-12-20-56/h1-44H. The summed E-state index contributed by atoms with van der Waals surface area (Å²) < 4.78 is 0. The van der Waals surface area contributed by atoms with Gasteiger partial charge in [-0.05, 0) is 155 Å². The van der Waals surface area contributed by atoms with E-state index in [4.69, 9.17) is 0 Å². The second kappa shape index (κ2) is 18.6. The van der Waals surface area contributed by atoms with Gasteiger partial charge in [0.15, 0.2) is 0 Å². The van der Waals surface area contributed by atoms with E-state index in [9.17, 15) is 5.26 Å². The van der Waals surface area contributed by atoms with Gasteiger partial charge in [-0.3, -0.25) is 0 Å². The van der Waals surface area contributed by atoms with Crippen molar-refractivity contribution in [3.63, 3.8) is 0 Å². The van der Waals surface area contributed by atoms with Crippen LogP contribution in [0.4, 0.5) is 51.2 Å². The summed E-state index contributed by atoms with van der Waals surface area (Å²) in [5, 5.41) is 9.34. The van der Waals surface area contributed by atoms with E-state index in [-0.39, 0.29) is 0 Å². The van der Waals surface area contributed by atoms with Crippen LogP contribution >= 0.6 is 0 Å². The predicted octanol–water partition coefficient (Wildman–Crippen LogP) is 17.0. The van der Waals surface area contributed by atoms with Gasteiger partial charge < -0.3 is 14.7 Å². The summed E-state index contributed by atoms with van der Waals surface area (Å²) in [4.78, 5) is 6.86. The summed E-state index contributed by atoms with van der Waals surface area (Å²) in [7, 11) is 0. The van der Waals surface area contributed by atoms with Gasteiger partial charge in [0.25, 0.3) is 0 Å². The van der Waals surface area contributed by atoms with E-state index < -0.39 is 0 Å². The van der Waals surface area contributed by atoms with Crippen molar-refractivity contribution in [1.82, 2.24) is 0 Å². The molecule has 0 atom stereocenters. The molecule has 0 unspecified atom stereocenters. The Hall–Kier alpha value is -8.91. The monoisotopic (exact) mass is 832 g/mol. The van der Waals surface area contributed by atoms with Crippen LogP contribution in [-0.4, -0.2) is 0 Å². The minimum atomic E-state index is 0.651. The maximum absolute atomic E-state index is 9.34. The summed E-state index contributed by atoms with van der Waals surface area (Å²) in [5.74, 6) is 0. The maximum atomic E-state index is 9.34. The number of benzene rings is 10. The van der Waals surface area contributed by atoms with Gasteiger partial charge in [0.1, 0.15) is 0 Å². The van der Waals surface area contributed by atoms with Crippen molar-refractivity contribution in [2.75, 3.05) is 14.7 Å². The molecule has 4 nitrogen and oxygen atoms in total. The Kier molecular flexibility index (Phi) is 11.5. The fraction of sp³-hybridized carbons (Fsp3) is 0. The fourth-order valence-electron chi connectivity index (χ4n) is 8.40. The van der Waals surface area contributed by atoms with Crippen LogP contribution < -0.4 is 14.7 Å². The molecule has 0 spiro atoms. The van der Waals surface area contributed by atoms with Crippen molar-refractivity contribution in [3.8, 4) is 39.4 Å². The molecule has 10 aromatic carbocycles. The number of nitrogens with zero attached hydrogens (tertiary/aromatic N) is 4. The molecule has 0 saturated carbocycles. The Morgan fingerprint density at radius 1 is 0.200 bits per heavy atom. The first kappa shape index (κ1) is 40.2. The average Bonchev–Trinajstić information content (AvgIpc) is 3.39. The summed E-state index contributed by atoms with van der Waals surface area (Å²) in [6, 6.07) is 95.8. The third-order valence-electron chi connectivity index (χ3n) is 11.7. The topological polar surface area (TPSA) is 33.5 Å². The number of rotatable bonds is 12. The molecule has 4 heteroatoms. The molecule has 0 aliphatic heterocycles. The molecule has 0 aliphatic carbocycles. The van der Waals surface area contributed by atoms with E-state index >= 15 is 0 Å². The van der Waals surface area contributed by atoms with Crippen LogP contribution in [0.25, 0.3) is 33.4 Å². The zero-order valence-electron chi connectivity index (χ0n) is 35.7. The molecular weight excluding hydrogens is 789 g/mol. The van der Waals surface area contributed by atoms with Crippen LogP contribution in [-0.2, 0) is 0 Å². The second-order valence-electron chi connectivity index (χ2n) is 15.8. The van der Waals surface area contributed by atoms with Gasteiger partial charge in [-0.25, -0.2) is 0 Å². The normalized spacial score (nSPS) is 10.8. The van der Waals surface area contributed by atoms with E-state index in [1.165, 1.54) is 0 Å². The first-order chi connectivity index (χ1) is 32.2. The second-order valence-corrected chi connectivity index (χ2v) is 15.8. The first-order valence-corrected chi connectivity index (χ1v) is 21.8. The highest BCUT2D eigenvalue weighted by atomic mass is 15.2. The Balaban J connectivity index is 0.950. The van der Waals surface area contributed by atoms with Crippen molar-refractivity contribution in [2.45, 2.75) is 0 Å². The number of hydrogen-bond acceptors (Lipinski definition) is 4. The fourth-order valence-corrected chi connectivity index (χ4v) is 8.40. The molecular formula is C61H44N4. The number of anilines is 9. The molecule has 0 radical (unpaired) electrons. The van der Waals surface area contributed by atoms with Crippen molar-refractivity contribution >= 4 is 51.2 Å². The highest BCUT2D eigenvalue weighted by Crippen LogP contribution is 2.40. The number of hydrogen-bond donors (Lipinski definition) is 0. The molecule has 308 valence electrons. The lowest BCUT2D eigenvalue weighted by molar-refractivity contribution is 1.28. The van der Waals surface area contributed by atoms with Crippen LogP contribution in [0.5, 0.6) is 0 Å². The van der Waals surface area contributed by atoms with Crippen molar-refractivity contribution in [1.29, 1.82) is 5.26 Å². The molecule has 0 saturated heterocycles. The highest BCUT2D eigenvalue weighted by molar-refractivity contribution is 5.83. The zero-order chi connectivity index (χ0) is 43.8. The average molecular weight is 833 g/mol. The highest BCUT2D eigenvalue weighted by Gasteiger charge is 2.17. The van der Waals surface area contributed by atoms with Gasteiger partial charge in [-0.15, -0.1) is 0 Å². The van der Waals surface area contributed by atoms with Crippen molar-refractivity contribution < 1.29 is 0 Å². The van der Waals surface area contributed by atoms with Gasteiger partial charge in [-0.2, -0.15) is 5.26 Å². The molecule has 10 aromatic rings. The van der Waals surface area contributed by atoms with Gasteiger partial charge in [0, 0.05) is 51.2 Å². The Morgan fingerprint density at radius 3 is 0.554 bits per heavy atom. The number of para-hydroxylation sites is 4. The van der Waals surface area contributed by atoms with E-state index in [2.05, 4.69) is 263 Å². The largest absolute Gasteiger partial charge is 0.311 e. The summed E-state index contributed by atoms with van der Waals surface area (Å²) in [5.41, 5.74) is 17.2. The molecule has 0 amide bonds. The van der Waals surface area contributed by atoms with Gasteiger partial charge in [0.05, 0.1) is 11.6 Å². The summed E-state index contributed by atoms with van der Waals surface area (Å²) in [6.45, 7) is 0. The molecule has 10 rings (SSSR count). The molecule has 0 heterocycles. The van der Waals surface area contributed by atoms with E-state index in [0.717, 1.165) is 84.6 Å². The zero-order valence-corrected chi connectivity index (χ0v) is 35.7.